The highest BCUT2D eigenvalue weighted by atomic mass is 16.2. The van der Waals surface area contributed by atoms with Gasteiger partial charge in [-0.2, -0.15) is 10.2 Å². The summed E-state index contributed by atoms with van der Waals surface area (Å²) in [6.07, 6.45) is 8.94. The number of hydrogen-bond acceptors (Lipinski definition) is 6. The summed E-state index contributed by atoms with van der Waals surface area (Å²) in [5.74, 6) is 1.88. The van der Waals surface area contributed by atoms with Gasteiger partial charge in [-0.1, -0.05) is 17.3 Å². The summed E-state index contributed by atoms with van der Waals surface area (Å²) in [6, 6.07) is 7.26. The molecule has 1 unspecified atom stereocenters. The summed E-state index contributed by atoms with van der Waals surface area (Å²) in [4.78, 5) is 23.3. The van der Waals surface area contributed by atoms with Crippen molar-refractivity contribution >= 4 is 11.8 Å². The van der Waals surface area contributed by atoms with Crippen LogP contribution in [0.25, 0.3) is 5.69 Å². The minimum atomic E-state index is -0.632. The van der Waals surface area contributed by atoms with Gasteiger partial charge in [0.1, 0.15) is 0 Å². The predicted octanol–water partition coefficient (Wildman–Crippen LogP) is 1.90. The molecule has 0 fully saturated rings. The molecule has 1 aliphatic rings. The van der Waals surface area contributed by atoms with Crippen molar-refractivity contribution in [3.63, 3.8) is 0 Å². The van der Waals surface area contributed by atoms with E-state index in [1.807, 2.05) is 31.2 Å². The second-order valence-electron chi connectivity index (χ2n) is 6.68. The van der Waals surface area contributed by atoms with E-state index in [2.05, 4.69) is 31.8 Å². The predicted molar refractivity (Wildman–Crippen MR) is 101 cm³/mol. The first-order valence-electron chi connectivity index (χ1n) is 8.92. The van der Waals surface area contributed by atoms with Crippen LogP contribution in [0.5, 0.6) is 0 Å². The fourth-order valence-electron chi connectivity index (χ4n) is 2.80. The number of rotatable bonds is 9. The molecular weight excluding hydrogens is 358 g/mol. The molecule has 9 nitrogen and oxygen atoms in total. The molecular formula is C19H21N7O2. The second-order valence-corrected chi connectivity index (χ2v) is 6.68. The third kappa shape index (κ3) is 4.59. The maximum absolute atomic E-state index is 12.2. The quantitative estimate of drug-likeness (QED) is 0.645. The Morgan fingerprint density at radius 2 is 2.00 bits per heavy atom. The van der Waals surface area contributed by atoms with Gasteiger partial charge in [0.2, 0.25) is 5.91 Å². The first-order chi connectivity index (χ1) is 13.4. The third-order valence-corrected chi connectivity index (χ3v) is 4.59. The Morgan fingerprint density at radius 1 is 1.29 bits per heavy atom. The first-order valence-corrected chi connectivity index (χ1v) is 8.92. The van der Waals surface area contributed by atoms with Gasteiger partial charge in [0, 0.05) is 25.7 Å². The lowest BCUT2D eigenvalue weighted by Gasteiger charge is -2.16. The highest BCUT2D eigenvalue weighted by Crippen LogP contribution is 2.37. The fourth-order valence-corrected chi connectivity index (χ4v) is 2.80. The molecule has 0 bridgehead atoms. The number of nitrogens with zero attached hydrogens (tertiary/aromatic N) is 5. The fraction of sp³-hybridized carbons (Fsp3) is 0.368. The van der Waals surface area contributed by atoms with Crippen LogP contribution in [-0.4, -0.2) is 32.5 Å². The summed E-state index contributed by atoms with van der Waals surface area (Å²) >= 11 is 0. The Kier molecular flexibility index (Phi) is 5.49. The lowest BCUT2D eigenvalue weighted by atomic mass is 10.0. The van der Waals surface area contributed by atoms with Crippen LogP contribution in [0.1, 0.15) is 54.7 Å². The molecule has 9 heteroatoms. The highest BCUT2D eigenvalue weighted by Gasteiger charge is 2.39. The van der Waals surface area contributed by atoms with E-state index < -0.39 is 11.6 Å². The number of aromatic nitrogens is 3. The number of hydrogen-bond donors (Lipinski definition) is 2. The van der Waals surface area contributed by atoms with Crippen molar-refractivity contribution in [2.24, 2.45) is 16.0 Å². The molecule has 3 N–H and O–H groups in total. The van der Waals surface area contributed by atoms with E-state index in [1.165, 1.54) is 10.9 Å². The van der Waals surface area contributed by atoms with E-state index in [9.17, 15) is 9.59 Å². The van der Waals surface area contributed by atoms with E-state index >= 15 is 0 Å². The Morgan fingerprint density at radius 3 is 2.57 bits per heavy atom. The topological polar surface area (TPSA) is 128 Å². The number of primary amides is 1. The van der Waals surface area contributed by atoms with Gasteiger partial charge in [0.15, 0.2) is 11.4 Å². The van der Waals surface area contributed by atoms with Crippen molar-refractivity contribution in [3.05, 3.63) is 41.7 Å². The van der Waals surface area contributed by atoms with E-state index in [0.29, 0.717) is 25.7 Å². The van der Waals surface area contributed by atoms with Crippen LogP contribution in [0.3, 0.4) is 0 Å². The SMILES string of the molecule is C#CCCC1(CCC(=O)NC(C)c2ccc(-n3cc(C(N)=O)nn3)cc2)N=N1. The average molecular weight is 379 g/mol. The Bertz CT molecular complexity index is 934. The molecule has 1 atom stereocenters. The standard InChI is InChI=1S/C19H21N7O2/c1-3-4-10-19(23-24-19)11-9-17(27)21-13(2)14-5-7-15(8-6-14)26-12-16(18(20)28)22-25-26/h1,5-8,12-13H,4,9-11H2,2H3,(H2,20,28)(H,21,27). The molecule has 0 saturated carbocycles. The largest absolute Gasteiger partial charge is 0.364 e. The number of terminal acetylenes is 1. The monoisotopic (exact) mass is 379 g/mol. The highest BCUT2D eigenvalue weighted by molar-refractivity contribution is 5.90. The van der Waals surface area contributed by atoms with Gasteiger partial charge >= 0.3 is 0 Å². The molecule has 1 aromatic carbocycles. The molecule has 0 saturated heterocycles. The number of nitrogens with two attached hydrogens (primary N) is 1. The van der Waals surface area contributed by atoms with Crippen molar-refractivity contribution < 1.29 is 9.59 Å². The van der Waals surface area contributed by atoms with Crippen LogP contribution in [-0.2, 0) is 4.79 Å². The van der Waals surface area contributed by atoms with Crippen LogP contribution in [0.4, 0.5) is 0 Å². The normalized spacial score (nSPS) is 14.9. The number of amides is 2. The third-order valence-electron chi connectivity index (χ3n) is 4.59. The zero-order chi connectivity index (χ0) is 20.1. The molecule has 1 aliphatic heterocycles. The van der Waals surface area contributed by atoms with Crippen LogP contribution >= 0.6 is 0 Å². The minimum Gasteiger partial charge on any atom is -0.364 e. The van der Waals surface area contributed by atoms with Gasteiger partial charge in [-0.3, -0.25) is 9.59 Å². The number of nitrogens with one attached hydrogen (secondary N) is 1. The van der Waals surface area contributed by atoms with E-state index in [-0.39, 0.29) is 17.6 Å². The lowest BCUT2D eigenvalue weighted by Crippen LogP contribution is -2.28. The Balaban J connectivity index is 1.52. The maximum Gasteiger partial charge on any atom is 0.270 e. The summed E-state index contributed by atoms with van der Waals surface area (Å²) in [6.45, 7) is 1.91. The zero-order valence-electron chi connectivity index (χ0n) is 15.5. The maximum atomic E-state index is 12.2. The molecule has 0 spiro atoms. The minimum absolute atomic E-state index is 0.0589. The van der Waals surface area contributed by atoms with Crippen molar-refractivity contribution in [1.29, 1.82) is 0 Å². The zero-order valence-corrected chi connectivity index (χ0v) is 15.5. The van der Waals surface area contributed by atoms with E-state index in [4.69, 9.17) is 12.2 Å². The van der Waals surface area contributed by atoms with Gasteiger partial charge in [0.25, 0.3) is 5.91 Å². The molecule has 0 aliphatic carbocycles. The van der Waals surface area contributed by atoms with Crippen LogP contribution in [0.15, 0.2) is 40.7 Å². The van der Waals surface area contributed by atoms with Crippen LogP contribution < -0.4 is 11.1 Å². The number of benzene rings is 1. The summed E-state index contributed by atoms with van der Waals surface area (Å²) < 4.78 is 1.46. The van der Waals surface area contributed by atoms with Gasteiger partial charge < -0.3 is 11.1 Å². The lowest BCUT2D eigenvalue weighted by molar-refractivity contribution is -0.122. The van der Waals surface area contributed by atoms with Crippen molar-refractivity contribution in [2.45, 2.75) is 44.3 Å². The second kappa shape index (κ2) is 8.00. The summed E-state index contributed by atoms with van der Waals surface area (Å²) in [7, 11) is 0. The Labute approximate surface area is 162 Å². The molecule has 144 valence electrons. The molecule has 2 amide bonds. The Hall–Kier alpha value is -3.54. The van der Waals surface area contributed by atoms with Gasteiger partial charge in [-0.25, -0.2) is 4.68 Å². The molecule has 3 rings (SSSR count). The molecule has 1 aromatic heterocycles. The van der Waals surface area contributed by atoms with Crippen molar-refractivity contribution in [1.82, 2.24) is 20.3 Å². The van der Waals surface area contributed by atoms with Crippen LogP contribution in [0, 0.1) is 12.3 Å². The molecule has 2 aromatic rings. The van der Waals surface area contributed by atoms with Crippen molar-refractivity contribution in [3.8, 4) is 18.0 Å². The molecule has 2 heterocycles. The summed E-state index contributed by atoms with van der Waals surface area (Å²) in [5, 5.41) is 18.6. The van der Waals surface area contributed by atoms with Gasteiger partial charge in [0.05, 0.1) is 17.9 Å². The molecule has 0 radical (unpaired) electrons. The first kappa shape index (κ1) is 19.2. The smallest absolute Gasteiger partial charge is 0.270 e. The van der Waals surface area contributed by atoms with Crippen LogP contribution in [0.2, 0.25) is 0 Å². The number of carbonyl (C=O) groups is 2. The molecule has 28 heavy (non-hydrogen) atoms. The average Bonchev–Trinajstić information content (AvgIpc) is 3.28. The van der Waals surface area contributed by atoms with Crippen molar-refractivity contribution in [2.75, 3.05) is 0 Å². The van der Waals surface area contributed by atoms with Gasteiger partial charge in [-0.05, 0) is 24.6 Å². The van der Waals surface area contributed by atoms with Gasteiger partial charge in [-0.15, -0.1) is 17.4 Å². The van der Waals surface area contributed by atoms with E-state index in [1.54, 1.807) is 0 Å². The number of carbonyl (C=O) groups excluding carboxylic acids is 2. The summed E-state index contributed by atoms with van der Waals surface area (Å²) in [5.41, 5.74) is 6.50. The van der Waals surface area contributed by atoms with E-state index in [0.717, 1.165) is 11.3 Å².